The molecule has 1 fully saturated rings. The Morgan fingerprint density at radius 3 is 2.67 bits per heavy atom. The van der Waals surface area contributed by atoms with Crippen LogP contribution < -0.4 is 4.90 Å². The summed E-state index contributed by atoms with van der Waals surface area (Å²) < 4.78 is 10.8. The topological polar surface area (TPSA) is 93.1 Å². The maximum atomic E-state index is 12.5. The van der Waals surface area contributed by atoms with Crippen LogP contribution in [0.4, 0.5) is 5.69 Å². The van der Waals surface area contributed by atoms with E-state index >= 15 is 0 Å². The van der Waals surface area contributed by atoms with Crippen molar-refractivity contribution in [3.63, 3.8) is 0 Å². The number of aliphatic hydroxyl groups is 1. The van der Waals surface area contributed by atoms with Gasteiger partial charge in [-0.25, -0.2) is 4.79 Å². The predicted molar refractivity (Wildman–Crippen MR) is 127 cm³/mol. The van der Waals surface area contributed by atoms with Crippen molar-refractivity contribution < 1.29 is 29.0 Å². The van der Waals surface area contributed by atoms with Crippen molar-refractivity contribution in [2.24, 2.45) is 0 Å². The first kappa shape index (κ1) is 25.1. The summed E-state index contributed by atoms with van der Waals surface area (Å²) >= 11 is 1.29. The summed E-state index contributed by atoms with van der Waals surface area (Å²) in [6.07, 6.45) is 4.75. The SMILES string of the molecule is CCCCCC(=O)c1ccc(N2C(=O)CCC2COCc2ccc(C(=O)OCCO)s2)cc1. The number of nitrogens with zero attached hydrogens (tertiary/aromatic N) is 1. The molecule has 1 aromatic heterocycles. The van der Waals surface area contributed by atoms with Crippen molar-refractivity contribution in [2.75, 3.05) is 24.7 Å². The Hall–Kier alpha value is -2.55. The number of ether oxygens (including phenoxy) is 2. The second-order valence-corrected chi connectivity index (χ2v) is 9.19. The van der Waals surface area contributed by atoms with Crippen molar-refractivity contribution in [3.05, 3.63) is 51.7 Å². The van der Waals surface area contributed by atoms with Crippen molar-refractivity contribution in [2.45, 2.75) is 58.1 Å². The van der Waals surface area contributed by atoms with E-state index in [1.165, 1.54) is 11.3 Å². The fourth-order valence-electron chi connectivity index (χ4n) is 3.81. The number of amides is 1. The maximum Gasteiger partial charge on any atom is 0.348 e. The van der Waals surface area contributed by atoms with Crippen LogP contribution in [-0.2, 0) is 20.9 Å². The third-order valence-corrected chi connectivity index (χ3v) is 6.58. The van der Waals surface area contributed by atoms with E-state index < -0.39 is 5.97 Å². The van der Waals surface area contributed by atoms with Gasteiger partial charge in [0.15, 0.2) is 5.78 Å². The smallest absolute Gasteiger partial charge is 0.348 e. The number of Topliss-reactive ketones (excluding diaryl/α,β-unsaturated/α-hetero) is 1. The normalized spacial score (nSPS) is 15.8. The summed E-state index contributed by atoms with van der Waals surface area (Å²) in [6.45, 7) is 2.60. The molecule has 3 rings (SSSR count). The minimum absolute atomic E-state index is 0.0257. The largest absolute Gasteiger partial charge is 0.459 e. The van der Waals surface area contributed by atoms with Gasteiger partial charge in [-0.3, -0.25) is 9.59 Å². The van der Waals surface area contributed by atoms with Crippen LogP contribution in [0.1, 0.15) is 70.4 Å². The average Bonchev–Trinajstić information content (AvgIpc) is 3.44. The lowest BCUT2D eigenvalue weighted by Crippen LogP contribution is -2.36. The maximum absolute atomic E-state index is 12.5. The number of carbonyl (C=O) groups is 3. The monoisotopic (exact) mass is 473 g/mol. The Bertz CT molecular complexity index is 939. The standard InChI is InChI=1S/C25H31NO6S/c1-2-3-4-5-22(28)18-6-8-19(9-7-18)26-20(10-13-24(26)29)16-31-17-21-11-12-23(33-21)25(30)32-15-14-27/h6-9,11-12,20,27H,2-5,10,13-17H2,1H3. The average molecular weight is 474 g/mol. The number of ketones is 1. The van der Waals surface area contributed by atoms with E-state index in [1.54, 1.807) is 23.1 Å². The van der Waals surface area contributed by atoms with Gasteiger partial charge < -0.3 is 19.5 Å². The first-order valence-corrected chi connectivity index (χ1v) is 12.2. The molecule has 2 heterocycles. The Balaban J connectivity index is 1.53. The minimum Gasteiger partial charge on any atom is -0.459 e. The molecule has 0 radical (unpaired) electrons. The highest BCUT2D eigenvalue weighted by atomic mass is 32.1. The summed E-state index contributed by atoms with van der Waals surface area (Å²) in [5, 5.41) is 8.75. The lowest BCUT2D eigenvalue weighted by atomic mass is 10.0. The number of carbonyl (C=O) groups excluding carboxylic acids is 3. The number of esters is 1. The third-order valence-electron chi connectivity index (χ3n) is 5.54. The predicted octanol–water partition coefficient (Wildman–Crippen LogP) is 4.37. The van der Waals surface area contributed by atoms with Crippen LogP contribution in [0.2, 0.25) is 0 Å². The number of benzene rings is 1. The van der Waals surface area contributed by atoms with Crippen LogP contribution in [0.5, 0.6) is 0 Å². The Labute approximate surface area is 198 Å². The number of aliphatic hydroxyl groups excluding tert-OH is 1. The van der Waals surface area contributed by atoms with Gasteiger partial charge in [0.2, 0.25) is 5.91 Å². The molecule has 1 amide bonds. The molecule has 1 aromatic carbocycles. The Morgan fingerprint density at radius 1 is 1.15 bits per heavy atom. The molecule has 1 N–H and O–H groups in total. The summed E-state index contributed by atoms with van der Waals surface area (Å²) in [4.78, 5) is 39.8. The molecule has 0 bridgehead atoms. The van der Waals surface area contributed by atoms with Gasteiger partial charge in [-0.1, -0.05) is 19.8 Å². The van der Waals surface area contributed by atoms with Gasteiger partial charge in [0.25, 0.3) is 0 Å². The summed E-state index contributed by atoms with van der Waals surface area (Å²) in [5.74, 6) is -0.269. The molecule has 0 saturated carbocycles. The van der Waals surface area contributed by atoms with E-state index in [-0.39, 0.29) is 30.9 Å². The molecular weight excluding hydrogens is 442 g/mol. The molecule has 2 aromatic rings. The summed E-state index contributed by atoms with van der Waals surface area (Å²) in [7, 11) is 0. The van der Waals surface area contributed by atoms with E-state index in [9.17, 15) is 14.4 Å². The van der Waals surface area contributed by atoms with Crippen LogP contribution in [0.3, 0.4) is 0 Å². The first-order valence-electron chi connectivity index (χ1n) is 11.4. The van der Waals surface area contributed by atoms with Crippen LogP contribution in [0.25, 0.3) is 0 Å². The molecule has 1 aliphatic rings. The zero-order chi connectivity index (χ0) is 23.6. The highest BCUT2D eigenvalue weighted by Crippen LogP contribution is 2.28. The van der Waals surface area contributed by atoms with Gasteiger partial charge in [-0.15, -0.1) is 11.3 Å². The molecule has 8 heteroatoms. The summed E-state index contributed by atoms with van der Waals surface area (Å²) in [5.41, 5.74) is 1.46. The molecule has 7 nitrogen and oxygen atoms in total. The summed E-state index contributed by atoms with van der Waals surface area (Å²) in [6, 6.07) is 10.7. The van der Waals surface area contributed by atoms with Gasteiger partial charge in [-0.05, 0) is 49.2 Å². The molecule has 0 aliphatic carbocycles. The third kappa shape index (κ3) is 6.96. The zero-order valence-corrected chi connectivity index (χ0v) is 19.8. The quantitative estimate of drug-likeness (QED) is 0.264. The van der Waals surface area contributed by atoms with Crippen molar-refractivity contribution >= 4 is 34.7 Å². The molecule has 1 aliphatic heterocycles. The van der Waals surface area contributed by atoms with E-state index in [4.69, 9.17) is 14.6 Å². The van der Waals surface area contributed by atoms with Crippen molar-refractivity contribution in [1.82, 2.24) is 0 Å². The lowest BCUT2D eigenvalue weighted by Gasteiger charge is -2.25. The van der Waals surface area contributed by atoms with Crippen molar-refractivity contribution in [1.29, 1.82) is 0 Å². The van der Waals surface area contributed by atoms with Gasteiger partial charge >= 0.3 is 5.97 Å². The zero-order valence-electron chi connectivity index (χ0n) is 19.0. The second-order valence-electron chi connectivity index (χ2n) is 8.02. The van der Waals surface area contributed by atoms with E-state index in [0.717, 1.165) is 29.8 Å². The number of thiophene rings is 1. The van der Waals surface area contributed by atoms with Gasteiger partial charge in [0, 0.05) is 29.0 Å². The molecule has 0 spiro atoms. The fraction of sp³-hybridized carbons (Fsp3) is 0.480. The van der Waals surface area contributed by atoms with Crippen molar-refractivity contribution in [3.8, 4) is 0 Å². The van der Waals surface area contributed by atoms with Crippen LogP contribution in [-0.4, -0.2) is 48.6 Å². The number of rotatable bonds is 13. The van der Waals surface area contributed by atoms with E-state index in [0.29, 0.717) is 42.9 Å². The van der Waals surface area contributed by atoms with Gasteiger partial charge in [0.05, 0.1) is 25.9 Å². The van der Waals surface area contributed by atoms with Gasteiger partial charge in [-0.2, -0.15) is 0 Å². The van der Waals surface area contributed by atoms with Gasteiger partial charge in [0.1, 0.15) is 11.5 Å². The molecule has 1 unspecified atom stereocenters. The second kappa shape index (κ2) is 12.6. The highest BCUT2D eigenvalue weighted by molar-refractivity contribution is 7.13. The minimum atomic E-state index is -0.458. The van der Waals surface area contributed by atoms with Crippen LogP contribution >= 0.6 is 11.3 Å². The Kier molecular flexibility index (Phi) is 9.60. The Morgan fingerprint density at radius 2 is 1.94 bits per heavy atom. The molecular formula is C25H31NO6S. The highest BCUT2D eigenvalue weighted by Gasteiger charge is 2.32. The molecule has 1 saturated heterocycles. The number of unbranched alkanes of at least 4 members (excludes halogenated alkanes) is 2. The van der Waals surface area contributed by atoms with Crippen LogP contribution in [0, 0.1) is 0 Å². The molecule has 178 valence electrons. The first-order chi connectivity index (χ1) is 16.0. The molecule has 33 heavy (non-hydrogen) atoms. The van der Waals surface area contributed by atoms with Crippen LogP contribution in [0.15, 0.2) is 36.4 Å². The number of hydrogen-bond donors (Lipinski definition) is 1. The lowest BCUT2D eigenvalue weighted by molar-refractivity contribution is -0.117. The number of hydrogen-bond acceptors (Lipinski definition) is 7. The van der Waals surface area contributed by atoms with E-state index in [2.05, 4.69) is 6.92 Å². The van der Waals surface area contributed by atoms with E-state index in [1.807, 2.05) is 18.2 Å². The fourth-order valence-corrected chi connectivity index (χ4v) is 4.65. The number of anilines is 1. The molecule has 1 atom stereocenters.